The van der Waals surface area contributed by atoms with Crippen molar-refractivity contribution in [2.24, 2.45) is 0 Å². The van der Waals surface area contributed by atoms with Crippen molar-refractivity contribution in [3.05, 3.63) is 35.4 Å². The highest BCUT2D eigenvalue weighted by Crippen LogP contribution is 2.29. The first-order chi connectivity index (χ1) is 9.35. The van der Waals surface area contributed by atoms with E-state index in [4.69, 9.17) is 4.79 Å². The first-order valence-corrected chi connectivity index (χ1v) is 5.82. The monoisotopic (exact) mass is 290 g/mol. The zero-order valence-corrected chi connectivity index (χ0v) is 11.3. The minimum atomic E-state index is -4.31. The van der Waals surface area contributed by atoms with E-state index in [-0.39, 0.29) is 12.3 Å². The van der Waals surface area contributed by atoms with Gasteiger partial charge in [-0.1, -0.05) is 12.1 Å². The van der Waals surface area contributed by atoms with Crippen LogP contribution < -0.4 is 10.6 Å². The van der Waals surface area contributed by atoms with Crippen LogP contribution in [0.2, 0.25) is 0 Å². The van der Waals surface area contributed by atoms with Gasteiger partial charge in [0.1, 0.15) is 0 Å². The molecule has 7 heteroatoms. The van der Waals surface area contributed by atoms with Crippen LogP contribution in [0.1, 0.15) is 17.5 Å². The molecular formula is C13H17F3N2O2. The van der Waals surface area contributed by atoms with Gasteiger partial charge < -0.3 is 10.6 Å². The van der Waals surface area contributed by atoms with Crippen molar-refractivity contribution in [1.29, 1.82) is 0 Å². The second-order valence-corrected chi connectivity index (χ2v) is 3.77. The maximum Gasteiger partial charge on any atom is 0.416 e. The summed E-state index contributed by atoms with van der Waals surface area (Å²) in [6.07, 6.45) is -2.96. The standard InChI is InChI=1S/C11H12F3NO.C2H5NO/c1-15-10(16)7-4-8-2-5-9(6-3-8)11(12,13)14;1-3-2-4/h2-3,5-6H,4,7H2,1H3,(H,15,16);2H,1H3,(H,3,4). The minimum absolute atomic E-state index is 0.125. The summed E-state index contributed by atoms with van der Waals surface area (Å²) in [5, 5.41) is 4.70. The molecule has 20 heavy (non-hydrogen) atoms. The normalized spacial score (nSPS) is 10.1. The Morgan fingerprint density at radius 3 is 2.05 bits per heavy atom. The molecule has 0 aliphatic heterocycles. The molecule has 0 aliphatic rings. The molecule has 112 valence electrons. The fraction of sp³-hybridized carbons (Fsp3) is 0.385. The molecule has 2 N–H and O–H groups in total. The average molecular weight is 290 g/mol. The van der Waals surface area contributed by atoms with Gasteiger partial charge in [-0.15, -0.1) is 0 Å². The number of carbonyl (C=O) groups excluding carboxylic acids is 2. The molecule has 2 amide bonds. The highest BCUT2D eigenvalue weighted by Gasteiger charge is 2.29. The molecule has 0 radical (unpaired) electrons. The van der Waals surface area contributed by atoms with Crippen molar-refractivity contribution in [3.8, 4) is 0 Å². The van der Waals surface area contributed by atoms with Gasteiger partial charge >= 0.3 is 6.18 Å². The fourth-order valence-electron chi connectivity index (χ4n) is 1.24. The first kappa shape index (κ1) is 17.9. The van der Waals surface area contributed by atoms with E-state index in [2.05, 4.69) is 10.6 Å². The summed E-state index contributed by atoms with van der Waals surface area (Å²) < 4.78 is 36.7. The van der Waals surface area contributed by atoms with Crippen LogP contribution in [-0.4, -0.2) is 26.4 Å². The molecule has 4 nitrogen and oxygen atoms in total. The van der Waals surface area contributed by atoms with Crippen LogP contribution in [0.15, 0.2) is 24.3 Å². The van der Waals surface area contributed by atoms with E-state index in [0.29, 0.717) is 12.8 Å². The number of aryl methyl sites for hydroxylation is 1. The van der Waals surface area contributed by atoms with Crippen molar-refractivity contribution in [3.63, 3.8) is 0 Å². The van der Waals surface area contributed by atoms with Crippen LogP contribution >= 0.6 is 0 Å². The number of hydrogen-bond acceptors (Lipinski definition) is 2. The number of alkyl halides is 3. The van der Waals surface area contributed by atoms with E-state index in [1.807, 2.05) is 0 Å². The maximum absolute atomic E-state index is 12.2. The Hall–Kier alpha value is -2.05. The highest BCUT2D eigenvalue weighted by atomic mass is 19.4. The summed E-state index contributed by atoms with van der Waals surface area (Å²) in [6.45, 7) is 0. The number of amides is 2. The molecule has 0 spiro atoms. The Morgan fingerprint density at radius 1 is 1.20 bits per heavy atom. The van der Waals surface area contributed by atoms with Crippen molar-refractivity contribution >= 4 is 12.3 Å². The van der Waals surface area contributed by atoms with Gasteiger partial charge in [0.25, 0.3) is 0 Å². The highest BCUT2D eigenvalue weighted by molar-refractivity contribution is 5.75. The SMILES string of the molecule is CNC(=O)CCc1ccc(C(F)(F)F)cc1.CNC=O. The van der Waals surface area contributed by atoms with Crippen LogP contribution in [0, 0.1) is 0 Å². The van der Waals surface area contributed by atoms with Gasteiger partial charge in [-0.3, -0.25) is 9.59 Å². The van der Waals surface area contributed by atoms with E-state index >= 15 is 0 Å². The van der Waals surface area contributed by atoms with Crippen LogP contribution in [-0.2, 0) is 22.2 Å². The molecule has 1 aromatic carbocycles. The zero-order chi connectivity index (χ0) is 15.6. The Labute approximate surface area is 115 Å². The number of nitrogens with one attached hydrogen (secondary N) is 2. The lowest BCUT2D eigenvalue weighted by Gasteiger charge is -2.07. The number of benzene rings is 1. The molecule has 0 heterocycles. The summed E-state index contributed by atoms with van der Waals surface area (Å²) in [6, 6.07) is 4.84. The largest absolute Gasteiger partial charge is 0.416 e. The van der Waals surface area contributed by atoms with Gasteiger partial charge in [-0.05, 0) is 24.1 Å². The van der Waals surface area contributed by atoms with Crippen LogP contribution in [0.5, 0.6) is 0 Å². The zero-order valence-electron chi connectivity index (χ0n) is 11.3. The van der Waals surface area contributed by atoms with Gasteiger partial charge in [0.15, 0.2) is 0 Å². The van der Waals surface area contributed by atoms with Gasteiger partial charge in [-0.2, -0.15) is 13.2 Å². The summed E-state index contributed by atoms with van der Waals surface area (Å²) in [4.78, 5) is 20.0. The second-order valence-electron chi connectivity index (χ2n) is 3.77. The average Bonchev–Trinajstić information content (AvgIpc) is 2.44. The third-order valence-corrected chi connectivity index (χ3v) is 2.32. The molecule has 0 atom stereocenters. The quantitative estimate of drug-likeness (QED) is 0.830. The van der Waals surface area contributed by atoms with Crippen molar-refractivity contribution in [2.45, 2.75) is 19.0 Å². The van der Waals surface area contributed by atoms with Gasteiger partial charge in [-0.25, -0.2) is 0 Å². The summed E-state index contributed by atoms with van der Waals surface area (Å²) >= 11 is 0. The van der Waals surface area contributed by atoms with Crippen LogP contribution in [0.4, 0.5) is 13.2 Å². The topological polar surface area (TPSA) is 58.2 Å². The lowest BCUT2D eigenvalue weighted by atomic mass is 10.1. The summed E-state index contributed by atoms with van der Waals surface area (Å²) in [5.74, 6) is -0.125. The van der Waals surface area contributed by atoms with Gasteiger partial charge in [0.05, 0.1) is 5.56 Å². The number of carbonyl (C=O) groups is 2. The molecule has 0 fully saturated rings. The van der Waals surface area contributed by atoms with E-state index in [1.54, 1.807) is 7.05 Å². The predicted molar refractivity (Wildman–Crippen MR) is 69.0 cm³/mol. The van der Waals surface area contributed by atoms with Crippen molar-refractivity contribution in [1.82, 2.24) is 10.6 Å². The second kappa shape index (κ2) is 8.95. The van der Waals surface area contributed by atoms with Gasteiger partial charge in [0, 0.05) is 20.5 Å². The third kappa shape index (κ3) is 7.40. The molecular weight excluding hydrogens is 273 g/mol. The molecule has 0 saturated heterocycles. The van der Waals surface area contributed by atoms with Gasteiger partial charge in [0.2, 0.25) is 12.3 Å². The van der Waals surface area contributed by atoms with E-state index in [9.17, 15) is 18.0 Å². The first-order valence-electron chi connectivity index (χ1n) is 5.82. The Morgan fingerprint density at radius 2 is 1.70 bits per heavy atom. The van der Waals surface area contributed by atoms with Crippen molar-refractivity contribution < 1.29 is 22.8 Å². The van der Waals surface area contributed by atoms with Crippen LogP contribution in [0.25, 0.3) is 0 Å². The number of halogens is 3. The minimum Gasteiger partial charge on any atom is -0.362 e. The van der Waals surface area contributed by atoms with Crippen molar-refractivity contribution in [2.75, 3.05) is 14.1 Å². The molecule has 0 aromatic heterocycles. The molecule has 1 aromatic rings. The summed E-state index contributed by atoms with van der Waals surface area (Å²) in [5.41, 5.74) is 0.0489. The fourth-order valence-corrected chi connectivity index (χ4v) is 1.24. The number of hydrogen-bond donors (Lipinski definition) is 2. The molecule has 0 aliphatic carbocycles. The van der Waals surface area contributed by atoms with Crippen LogP contribution in [0.3, 0.4) is 0 Å². The third-order valence-electron chi connectivity index (χ3n) is 2.32. The van der Waals surface area contributed by atoms with E-state index < -0.39 is 11.7 Å². The van der Waals surface area contributed by atoms with E-state index in [1.165, 1.54) is 19.2 Å². The molecule has 0 saturated carbocycles. The molecule has 0 bridgehead atoms. The number of rotatable bonds is 4. The Kier molecular flexibility index (Phi) is 8.03. The smallest absolute Gasteiger partial charge is 0.362 e. The lowest BCUT2D eigenvalue weighted by molar-refractivity contribution is -0.137. The maximum atomic E-state index is 12.2. The Balaban J connectivity index is 0.000000796. The van der Waals surface area contributed by atoms with E-state index in [0.717, 1.165) is 17.7 Å². The summed E-state index contributed by atoms with van der Waals surface area (Å²) in [7, 11) is 3.09. The predicted octanol–water partition coefficient (Wildman–Crippen LogP) is 1.75. The molecule has 1 rings (SSSR count). The Bertz CT molecular complexity index is 417. The lowest BCUT2D eigenvalue weighted by Crippen LogP contribution is -2.17. The molecule has 0 unspecified atom stereocenters.